The first-order valence-electron chi connectivity index (χ1n) is 7.57. The first kappa shape index (κ1) is 16.5. The van der Waals surface area contributed by atoms with Gasteiger partial charge in [0.25, 0.3) is 0 Å². The normalized spacial score (nSPS) is 10.7. The summed E-state index contributed by atoms with van der Waals surface area (Å²) in [5.41, 5.74) is 3.17. The Morgan fingerprint density at radius 3 is 2.64 bits per heavy atom. The highest BCUT2D eigenvalue weighted by molar-refractivity contribution is 7.14. The topological polar surface area (TPSA) is 54.0 Å². The predicted octanol–water partition coefficient (Wildman–Crippen LogP) is 3.90. The van der Waals surface area contributed by atoms with Gasteiger partial charge in [0.05, 0.1) is 5.69 Å². The van der Waals surface area contributed by atoms with Crippen molar-refractivity contribution in [2.75, 3.05) is 11.9 Å². The van der Waals surface area contributed by atoms with Gasteiger partial charge in [0, 0.05) is 31.0 Å². The number of hydrogen-bond donors (Lipinski definition) is 2. The van der Waals surface area contributed by atoms with E-state index >= 15 is 0 Å². The molecule has 5 heteroatoms. The van der Waals surface area contributed by atoms with Crippen LogP contribution in [-0.2, 0) is 11.3 Å². The van der Waals surface area contributed by atoms with E-state index in [9.17, 15) is 4.79 Å². The van der Waals surface area contributed by atoms with Gasteiger partial charge in [-0.05, 0) is 17.9 Å². The van der Waals surface area contributed by atoms with E-state index in [1.165, 1.54) is 6.92 Å². The number of hydrogen-bond acceptors (Lipinski definition) is 4. The Balaban J connectivity index is 1.94. The molecule has 0 aliphatic carbocycles. The van der Waals surface area contributed by atoms with Gasteiger partial charge >= 0.3 is 0 Å². The minimum atomic E-state index is -0.0132. The largest absolute Gasteiger partial charge is 0.361 e. The molecule has 1 heterocycles. The maximum Gasteiger partial charge on any atom is 0.217 e. The van der Waals surface area contributed by atoms with Crippen LogP contribution in [0.4, 0.5) is 5.13 Å². The third-order valence-corrected chi connectivity index (χ3v) is 4.09. The van der Waals surface area contributed by atoms with Crippen LogP contribution in [0.25, 0.3) is 11.3 Å². The maximum atomic E-state index is 10.9. The highest BCUT2D eigenvalue weighted by atomic mass is 32.1. The molecule has 0 bridgehead atoms. The number of rotatable bonds is 7. The lowest BCUT2D eigenvalue weighted by molar-refractivity contribution is -0.119. The summed E-state index contributed by atoms with van der Waals surface area (Å²) in [6, 6.07) is 8.14. The van der Waals surface area contributed by atoms with Crippen LogP contribution in [0.15, 0.2) is 29.6 Å². The fraction of sp³-hybridized carbons (Fsp3) is 0.412. The number of carbonyl (C=O) groups excluding carboxylic acids is 1. The van der Waals surface area contributed by atoms with Crippen LogP contribution in [0.2, 0.25) is 0 Å². The van der Waals surface area contributed by atoms with E-state index in [-0.39, 0.29) is 5.91 Å². The second-order valence-corrected chi connectivity index (χ2v) is 6.61. The highest BCUT2D eigenvalue weighted by Gasteiger charge is 2.05. The Labute approximate surface area is 136 Å². The standard InChI is InChI=1S/C17H23N3OS/c1-12(2)8-9-18-17-20-16(11-22-17)15-6-4-14(5-7-15)10-19-13(3)21/h4-7,11-12H,8-10H2,1-3H3,(H,18,20)(H,19,21). The monoisotopic (exact) mass is 317 g/mol. The van der Waals surface area contributed by atoms with Crippen LogP contribution in [0.5, 0.6) is 0 Å². The lowest BCUT2D eigenvalue weighted by Crippen LogP contribution is -2.18. The quantitative estimate of drug-likeness (QED) is 0.814. The molecule has 2 rings (SSSR count). The van der Waals surface area contributed by atoms with Gasteiger partial charge in [-0.15, -0.1) is 11.3 Å². The van der Waals surface area contributed by atoms with Crippen molar-refractivity contribution in [1.29, 1.82) is 0 Å². The summed E-state index contributed by atoms with van der Waals surface area (Å²) in [6.07, 6.45) is 1.15. The third kappa shape index (κ3) is 5.15. The van der Waals surface area contributed by atoms with Gasteiger partial charge in [-0.25, -0.2) is 4.98 Å². The maximum absolute atomic E-state index is 10.9. The van der Waals surface area contributed by atoms with Crippen LogP contribution in [0.1, 0.15) is 32.8 Å². The van der Waals surface area contributed by atoms with Crippen molar-refractivity contribution in [2.24, 2.45) is 5.92 Å². The van der Waals surface area contributed by atoms with Gasteiger partial charge in [0.2, 0.25) is 5.91 Å². The molecule has 1 aromatic heterocycles. The Morgan fingerprint density at radius 1 is 1.27 bits per heavy atom. The van der Waals surface area contributed by atoms with Gasteiger partial charge in [-0.1, -0.05) is 38.1 Å². The minimum absolute atomic E-state index is 0.0132. The molecule has 0 aliphatic rings. The van der Waals surface area contributed by atoms with Crippen LogP contribution in [0, 0.1) is 5.92 Å². The molecule has 0 fully saturated rings. The summed E-state index contributed by atoms with van der Waals surface area (Å²) >= 11 is 1.64. The predicted molar refractivity (Wildman–Crippen MR) is 93.0 cm³/mol. The van der Waals surface area contributed by atoms with Gasteiger partial charge in [-0.2, -0.15) is 0 Å². The Kier molecular flexibility index (Phi) is 5.95. The second kappa shape index (κ2) is 7.94. The first-order valence-corrected chi connectivity index (χ1v) is 8.45. The molecule has 0 saturated heterocycles. The molecule has 0 unspecified atom stereocenters. The van der Waals surface area contributed by atoms with Crippen molar-refractivity contribution < 1.29 is 4.79 Å². The summed E-state index contributed by atoms with van der Waals surface area (Å²) < 4.78 is 0. The molecule has 0 aliphatic heterocycles. The fourth-order valence-electron chi connectivity index (χ4n) is 1.98. The lowest BCUT2D eigenvalue weighted by atomic mass is 10.1. The number of benzene rings is 1. The van der Waals surface area contributed by atoms with E-state index in [2.05, 4.69) is 34.8 Å². The Bertz CT molecular complexity index is 605. The second-order valence-electron chi connectivity index (χ2n) is 5.75. The van der Waals surface area contributed by atoms with Gasteiger partial charge in [0.1, 0.15) is 0 Å². The Hall–Kier alpha value is -1.88. The summed E-state index contributed by atoms with van der Waals surface area (Å²) in [6.45, 7) is 7.49. The summed E-state index contributed by atoms with van der Waals surface area (Å²) in [4.78, 5) is 15.5. The number of nitrogens with one attached hydrogen (secondary N) is 2. The summed E-state index contributed by atoms with van der Waals surface area (Å²) in [5, 5.41) is 9.21. The van der Waals surface area contributed by atoms with Gasteiger partial charge in [-0.3, -0.25) is 4.79 Å². The molecule has 1 aromatic carbocycles. The average Bonchev–Trinajstić information content (AvgIpc) is 2.94. The smallest absolute Gasteiger partial charge is 0.217 e. The van der Waals surface area contributed by atoms with E-state index in [4.69, 9.17) is 0 Å². The third-order valence-electron chi connectivity index (χ3n) is 3.29. The van der Waals surface area contributed by atoms with E-state index in [0.29, 0.717) is 12.5 Å². The zero-order chi connectivity index (χ0) is 15.9. The molecule has 2 aromatic rings. The Morgan fingerprint density at radius 2 is 2.00 bits per heavy atom. The molecule has 2 N–H and O–H groups in total. The van der Waals surface area contributed by atoms with Crippen molar-refractivity contribution >= 4 is 22.4 Å². The molecular formula is C17H23N3OS. The van der Waals surface area contributed by atoms with Gasteiger partial charge < -0.3 is 10.6 Å². The number of thiazole rings is 1. The zero-order valence-corrected chi connectivity index (χ0v) is 14.2. The highest BCUT2D eigenvalue weighted by Crippen LogP contribution is 2.25. The molecule has 0 radical (unpaired) electrons. The van der Waals surface area contributed by atoms with Crippen LogP contribution in [-0.4, -0.2) is 17.4 Å². The van der Waals surface area contributed by atoms with E-state index in [0.717, 1.165) is 34.9 Å². The number of nitrogens with zero attached hydrogens (tertiary/aromatic N) is 1. The molecule has 118 valence electrons. The molecule has 0 saturated carbocycles. The first-order chi connectivity index (χ1) is 10.5. The van der Waals surface area contributed by atoms with E-state index in [1.54, 1.807) is 11.3 Å². The number of anilines is 1. The average molecular weight is 317 g/mol. The summed E-state index contributed by atoms with van der Waals surface area (Å²) in [7, 11) is 0. The van der Waals surface area contributed by atoms with Crippen molar-refractivity contribution in [3.8, 4) is 11.3 Å². The summed E-state index contributed by atoms with van der Waals surface area (Å²) in [5.74, 6) is 0.684. The molecule has 22 heavy (non-hydrogen) atoms. The van der Waals surface area contributed by atoms with Crippen molar-refractivity contribution in [3.63, 3.8) is 0 Å². The molecular weight excluding hydrogens is 294 g/mol. The van der Waals surface area contributed by atoms with E-state index < -0.39 is 0 Å². The minimum Gasteiger partial charge on any atom is -0.361 e. The fourth-order valence-corrected chi connectivity index (χ4v) is 2.72. The molecule has 0 spiro atoms. The van der Waals surface area contributed by atoms with Crippen molar-refractivity contribution in [1.82, 2.24) is 10.3 Å². The van der Waals surface area contributed by atoms with E-state index in [1.807, 2.05) is 24.3 Å². The number of aromatic nitrogens is 1. The van der Waals surface area contributed by atoms with Crippen LogP contribution < -0.4 is 10.6 Å². The van der Waals surface area contributed by atoms with Gasteiger partial charge in [0.15, 0.2) is 5.13 Å². The lowest BCUT2D eigenvalue weighted by Gasteiger charge is -2.05. The zero-order valence-electron chi connectivity index (χ0n) is 13.3. The van der Waals surface area contributed by atoms with Crippen molar-refractivity contribution in [3.05, 3.63) is 35.2 Å². The van der Waals surface area contributed by atoms with Crippen LogP contribution in [0.3, 0.4) is 0 Å². The number of carbonyl (C=O) groups is 1. The molecule has 1 amide bonds. The molecule has 0 atom stereocenters. The SMILES string of the molecule is CC(=O)NCc1ccc(-c2csc(NCCC(C)C)n2)cc1. The van der Waals surface area contributed by atoms with Crippen LogP contribution >= 0.6 is 11.3 Å². The van der Waals surface area contributed by atoms with Crippen molar-refractivity contribution in [2.45, 2.75) is 33.7 Å². The number of amides is 1. The molecule has 4 nitrogen and oxygen atoms in total.